The molecule has 15 heteroatoms. The molecule has 622 valence electrons. The minimum absolute atomic E-state index is 0.0632. The average Bonchev–Trinajstić information content (AvgIpc) is 1.45. The Morgan fingerprint density at radius 1 is 0.468 bits per heavy atom. The van der Waals surface area contributed by atoms with Crippen molar-refractivity contribution in [2.75, 3.05) is 40.6 Å². The van der Waals surface area contributed by atoms with Crippen molar-refractivity contribution in [1.82, 2.24) is 14.9 Å². The largest absolute Gasteiger partial charge is 0.497 e. The number of aromatic amines is 1. The Morgan fingerprint density at radius 2 is 0.829 bits per heavy atom. The van der Waals surface area contributed by atoms with Crippen molar-refractivity contribution in [3.63, 3.8) is 0 Å². The average molecular weight is 1540 g/mol. The molecule has 6 rings (SSSR count). The molecule has 0 radical (unpaired) electrons. The summed E-state index contributed by atoms with van der Waals surface area (Å²) in [6, 6.07) is 29.2. The number of benzene rings is 4. The molecule has 4 aromatic carbocycles. The first-order chi connectivity index (χ1) is 54.5. The van der Waals surface area contributed by atoms with E-state index in [9.17, 15) is 19.2 Å². The van der Waals surface area contributed by atoms with Crippen molar-refractivity contribution in [2.24, 2.45) is 0 Å². The SMILES string of the molecule is CCCCCCCCCCCCCCCCCCOc1cc(CNC(=O)CCC(=O)O[C@@H]2C[C@H](n3cc(C)c(=O)[nH]c3=O)O[C@@H]2COC(c2ccccc2)(c2ccc(OC)cc2)c2ccc(OC)cc2)cc(OCCCCCCCCCCCCCCCCCC)c1OCCCCCCCCCCCCCCCCCC. The highest BCUT2D eigenvalue weighted by Gasteiger charge is 2.44. The number of hydrogen-bond acceptors (Lipinski definition) is 12. The quantitative estimate of drug-likeness (QED) is 0.0214. The summed E-state index contributed by atoms with van der Waals surface area (Å²) in [5.41, 5.74) is 1.10. The summed E-state index contributed by atoms with van der Waals surface area (Å²) in [6.07, 6.45) is 60.8. The first-order valence-corrected chi connectivity index (χ1v) is 45.0. The van der Waals surface area contributed by atoms with E-state index >= 15 is 0 Å². The Bertz CT molecular complexity index is 3190. The van der Waals surface area contributed by atoms with Crippen molar-refractivity contribution in [3.8, 4) is 28.7 Å². The molecule has 0 aliphatic carbocycles. The number of aromatic nitrogens is 2. The summed E-state index contributed by atoms with van der Waals surface area (Å²) in [4.78, 5) is 56.7. The predicted molar refractivity (Wildman–Crippen MR) is 455 cm³/mol. The van der Waals surface area contributed by atoms with Gasteiger partial charge in [0.15, 0.2) is 11.5 Å². The van der Waals surface area contributed by atoms with E-state index in [1.807, 2.05) is 91.0 Å². The van der Waals surface area contributed by atoms with Gasteiger partial charge < -0.3 is 43.2 Å². The molecule has 15 nitrogen and oxygen atoms in total. The number of methoxy groups -OCH3 is 2. The summed E-state index contributed by atoms with van der Waals surface area (Å²) in [5.74, 6) is 2.29. The number of carbonyl (C=O) groups is 2. The highest BCUT2D eigenvalue weighted by molar-refractivity contribution is 5.81. The molecule has 2 N–H and O–H groups in total. The van der Waals surface area contributed by atoms with Crippen molar-refractivity contribution < 1.29 is 47.5 Å². The third-order valence-corrected chi connectivity index (χ3v) is 22.4. The van der Waals surface area contributed by atoms with Gasteiger partial charge in [-0.05, 0) is 84.8 Å². The Labute approximate surface area is 671 Å². The number of unbranched alkanes of at least 4 members (excludes halogenated alkanes) is 45. The minimum Gasteiger partial charge on any atom is -0.497 e. The van der Waals surface area contributed by atoms with E-state index in [4.69, 9.17) is 37.9 Å². The first-order valence-electron chi connectivity index (χ1n) is 45.0. The van der Waals surface area contributed by atoms with Crippen molar-refractivity contribution >= 4 is 11.9 Å². The van der Waals surface area contributed by atoms with E-state index in [0.29, 0.717) is 54.1 Å². The molecule has 2 heterocycles. The van der Waals surface area contributed by atoms with Gasteiger partial charge in [-0.1, -0.05) is 364 Å². The van der Waals surface area contributed by atoms with Gasteiger partial charge in [0.25, 0.3) is 5.56 Å². The van der Waals surface area contributed by atoms with Gasteiger partial charge >= 0.3 is 11.7 Å². The molecular weight excluding hydrogens is 1390 g/mol. The molecule has 1 amide bonds. The van der Waals surface area contributed by atoms with Gasteiger partial charge in [-0.3, -0.25) is 23.9 Å². The second-order valence-electron chi connectivity index (χ2n) is 31.8. The Balaban J connectivity index is 1.11. The molecule has 0 saturated carbocycles. The zero-order chi connectivity index (χ0) is 78.9. The first kappa shape index (κ1) is 93.3. The number of nitrogens with zero attached hydrogens (tertiary/aromatic N) is 1. The smallest absolute Gasteiger partial charge is 0.330 e. The molecule has 1 aliphatic rings. The van der Waals surface area contributed by atoms with E-state index in [0.717, 1.165) is 60.8 Å². The van der Waals surface area contributed by atoms with Gasteiger partial charge in [-0.25, -0.2) is 4.79 Å². The van der Waals surface area contributed by atoms with Crippen molar-refractivity contribution in [3.05, 3.63) is 146 Å². The van der Waals surface area contributed by atoms with Gasteiger partial charge in [-0.15, -0.1) is 0 Å². The van der Waals surface area contributed by atoms with Crippen LogP contribution in [0.4, 0.5) is 0 Å². The lowest BCUT2D eigenvalue weighted by atomic mass is 9.80. The maximum absolute atomic E-state index is 14.2. The minimum atomic E-state index is -1.24. The van der Waals surface area contributed by atoms with Crippen LogP contribution >= 0.6 is 0 Å². The van der Waals surface area contributed by atoms with Crippen LogP contribution in [0.25, 0.3) is 0 Å². The summed E-state index contributed by atoms with van der Waals surface area (Å²) < 4.78 is 53.0. The third kappa shape index (κ3) is 37.5. The summed E-state index contributed by atoms with van der Waals surface area (Å²) >= 11 is 0. The second-order valence-corrected chi connectivity index (χ2v) is 31.8. The standard InChI is InChI=1S/C96H151N3O12/c1-7-10-13-16-19-22-25-28-31-34-37-40-43-46-49-55-70-106-87-73-80(74-88(107-71-56-50-47-44-41-38-35-32-29-26-23-20-17-14-11-8-2)93(87)108-72-57-51-48-45-42-39-36-33-30-27-24-21-18-15-12-9-3)76-97-90(100)68-69-92(101)111-86-75-91(99-77-79(4)94(102)98-95(99)103)110-89(86)78-109-96(81-58-53-52-54-59-81,82-60-64-84(104-5)65-61-82)83-62-66-85(105-6)67-63-83/h52-54,58-67,73-74,77,86,89,91H,7-51,55-57,68-72,75-76,78H2,1-6H3,(H,97,100)(H,98,102,103)/t86-,89-,91-/m1/s1. The van der Waals surface area contributed by atoms with E-state index in [1.165, 1.54) is 280 Å². The Morgan fingerprint density at radius 3 is 1.21 bits per heavy atom. The van der Waals surface area contributed by atoms with Crippen LogP contribution in [0.5, 0.6) is 28.7 Å². The maximum Gasteiger partial charge on any atom is 0.330 e. The zero-order valence-corrected chi connectivity index (χ0v) is 70.4. The van der Waals surface area contributed by atoms with Gasteiger partial charge in [-0.2, -0.15) is 0 Å². The van der Waals surface area contributed by atoms with Crippen LogP contribution in [0.1, 0.15) is 382 Å². The predicted octanol–water partition coefficient (Wildman–Crippen LogP) is 25.1. The molecule has 0 bridgehead atoms. The highest BCUT2D eigenvalue weighted by Crippen LogP contribution is 2.44. The number of carbonyl (C=O) groups excluding carboxylic acids is 2. The molecule has 0 spiro atoms. The zero-order valence-electron chi connectivity index (χ0n) is 70.4. The molecule has 5 aromatic rings. The molecular formula is C96H151N3O12. The molecule has 0 unspecified atom stereocenters. The number of hydrogen-bond donors (Lipinski definition) is 2. The summed E-state index contributed by atoms with van der Waals surface area (Å²) in [5, 5.41) is 3.10. The topological polar surface area (TPSA) is 175 Å². The molecule has 1 aliphatic heterocycles. The molecule has 3 atom stereocenters. The van der Waals surface area contributed by atoms with Gasteiger partial charge in [0.05, 0.1) is 47.1 Å². The fraction of sp³-hybridized carbons (Fsp3) is 0.688. The third-order valence-electron chi connectivity index (χ3n) is 22.4. The van der Waals surface area contributed by atoms with Crippen molar-refractivity contribution in [2.45, 2.75) is 386 Å². The maximum atomic E-state index is 14.2. The van der Waals surface area contributed by atoms with E-state index in [-0.39, 0.29) is 38.3 Å². The second kappa shape index (κ2) is 59.2. The highest BCUT2D eigenvalue weighted by atomic mass is 16.6. The summed E-state index contributed by atoms with van der Waals surface area (Å²) in [7, 11) is 3.24. The number of esters is 1. The molecule has 1 aromatic heterocycles. The van der Waals surface area contributed by atoms with Gasteiger partial charge in [0, 0.05) is 31.1 Å². The van der Waals surface area contributed by atoms with Gasteiger partial charge in [0.1, 0.15) is 35.5 Å². The Hall–Kier alpha value is -6.58. The number of ether oxygens (including phenoxy) is 8. The van der Waals surface area contributed by atoms with Crippen LogP contribution < -0.4 is 40.3 Å². The molecule has 1 saturated heterocycles. The van der Waals surface area contributed by atoms with Crippen molar-refractivity contribution in [1.29, 1.82) is 0 Å². The van der Waals surface area contributed by atoms with E-state index < -0.39 is 41.3 Å². The van der Waals surface area contributed by atoms with E-state index in [1.54, 1.807) is 21.1 Å². The van der Waals surface area contributed by atoms with E-state index in [2.05, 4.69) is 31.1 Å². The lowest BCUT2D eigenvalue weighted by Gasteiger charge is -2.37. The number of amides is 1. The molecule has 111 heavy (non-hydrogen) atoms. The number of nitrogens with one attached hydrogen (secondary N) is 2. The van der Waals surface area contributed by atoms with Gasteiger partial charge in [0.2, 0.25) is 11.7 Å². The monoisotopic (exact) mass is 1540 g/mol. The Kier molecular flexibility index (Phi) is 49.7. The lowest BCUT2D eigenvalue weighted by molar-refractivity contribution is -0.156. The van der Waals surface area contributed by atoms with Crippen LogP contribution in [0, 0.1) is 6.92 Å². The fourth-order valence-corrected chi connectivity index (χ4v) is 15.5. The van der Waals surface area contributed by atoms with Crippen LogP contribution in [-0.4, -0.2) is 74.3 Å². The fourth-order valence-electron chi connectivity index (χ4n) is 15.5. The summed E-state index contributed by atoms with van der Waals surface area (Å²) in [6.45, 7) is 10.2. The normalized spacial score (nSPS) is 14.2. The number of H-pyrrole nitrogens is 1. The lowest BCUT2D eigenvalue weighted by Crippen LogP contribution is -2.39. The number of aryl methyl sites for hydroxylation is 1. The molecule has 1 fully saturated rings. The number of rotatable bonds is 69. The van der Waals surface area contributed by atoms with Crippen LogP contribution in [0.15, 0.2) is 107 Å². The van der Waals surface area contributed by atoms with Crippen LogP contribution in [0.3, 0.4) is 0 Å². The van der Waals surface area contributed by atoms with Crippen LogP contribution in [-0.2, 0) is 35.9 Å². The van der Waals surface area contributed by atoms with Crippen LogP contribution in [0.2, 0.25) is 0 Å².